The lowest BCUT2D eigenvalue weighted by molar-refractivity contribution is -0.119. The monoisotopic (exact) mass is 285 g/mol. The van der Waals surface area contributed by atoms with Crippen molar-refractivity contribution in [2.75, 3.05) is 18.9 Å². The Kier molecular flexibility index (Phi) is 7.11. The molecule has 1 rings (SSSR count). The van der Waals surface area contributed by atoms with Crippen LogP contribution in [0.15, 0.2) is 18.2 Å². The molecule has 5 nitrogen and oxygen atoms in total. The molecule has 106 valence electrons. The van der Waals surface area contributed by atoms with Gasteiger partial charge in [-0.3, -0.25) is 9.59 Å². The maximum atomic E-state index is 11.8. The van der Waals surface area contributed by atoms with Gasteiger partial charge in [0.2, 0.25) is 5.91 Å². The first kappa shape index (κ1) is 17.4. The molecule has 19 heavy (non-hydrogen) atoms. The van der Waals surface area contributed by atoms with E-state index in [-0.39, 0.29) is 30.1 Å². The average molecular weight is 286 g/mol. The van der Waals surface area contributed by atoms with E-state index in [1.807, 2.05) is 0 Å². The summed E-state index contributed by atoms with van der Waals surface area (Å²) in [6, 6.07) is 5.22. The van der Waals surface area contributed by atoms with Crippen LogP contribution in [0, 0.1) is 12.8 Å². The summed E-state index contributed by atoms with van der Waals surface area (Å²) in [5.74, 6) is -0.571. The van der Waals surface area contributed by atoms with Crippen molar-refractivity contribution in [3.63, 3.8) is 0 Å². The van der Waals surface area contributed by atoms with E-state index >= 15 is 0 Å². The van der Waals surface area contributed by atoms with Crippen LogP contribution in [0.4, 0.5) is 5.69 Å². The molecule has 1 aromatic carbocycles. The number of hydrogen-bond acceptors (Lipinski definition) is 3. The predicted molar refractivity (Wildman–Crippen MR) is 78.7 cm³/mol. The standard InChI is InChI=1S/C13H19N3O2.ClH/c1-8(7-14)12(17)16-11-6-4-5-10(9(11)2)13(18)15-3;/h4-6,8H,7,14H2,1-3H3,(H,15,18)(H,16,17);1H. The molecule has 0 radical (unpaired) electrons. The fourth-order valence-electron chi connectivity index (χ4n) is 1.51. The highest BCUT2D eigenvalue weighted by Gasteiger charge is 2.14. The quantitative estimate of drug-likeness (QED) is 0.780. The maximum Gasteiger partial charge on any atom is 0.251 e. The third-order valence-corrected chi connectivity index (χ3v) is 2.86. The summed E-state index contributed by atoms with van der Waals surface area (Å²) in [6.07, 6.45) is 0. The summed E-state index contributed by atoms with van der Waals surface area (Å²) in [5.41, 5.74) is 7.38. The van der Waals surface area contributed by atoms with E-state index in [1.54, 1.807) is 39.1 Å². The number of nitrogens with two attached hydrogens (primary N) is 1. The van der Waals surface area contributed by atoms with Gasteiger partial charge in [0.05, 0.1) is 0 Å². The highest BCUT2D eigenvalue weighted by molar-refractivity contribution is 5.99. The lowest BCUT2D eigenvalue weighted by Crippen LogP contribution is -2.27. The van der Waals surface area contributed by atoms with Gasteiger partial charge in [0.15, 0.2) is 0 Å². The third-order valence-electron chi connectivity index (χ3n) is 2.86. The first-order valence-electron chi connectivity index (χ1n) is 5.83. The van der Waals surface area contributed by atoms with E-state index in [9.17, 15) is 9.59 Å². The fraction of sp³-hybridized carbons (Fsp3) is 0.385. The molecule has 0 spiro atoms. The molecule has 1 unspecified atom stereocenters. The van der Waals surface area contributed by atoms with Gasteiger partial charge in [-0.15, -0.1) is 12.4 Å². The van der Waals surface area contributed by atoms with E-state index in [1.165, 1.54) is 0 Å². The van der Waals surface area contributed by atoms with E-state index in [0.717, 1.165) is 5.56 Å². The highest BCUT2D eigenvalue weighted by atomic mass is 35.5. The summed E-state index contributed by atoms with van der Waals surface area (Å²) < 4.78 is 0. The lowest BCUT2D eigenvalue weighted by Gasteiger charge is -2.14. The van der Waals surface area contributed by atoms with E-state index in [2.05, 4.69) is 10.6 Å². The van der Waals surface area contributed by atoms with Gasteiger partial charge >= 0.3 is 0 Å². The molecular formula is C13H20ClN3O2. The number of halogens is 1. The second-order valence-electron chi connectivity index (χ2n) is 4.18. The fourth-order valence-corrected chi connectivity index (χ4v) is 1.51. The Labute approximate surface area is 119 Å². The van der Waals surface area contributed by atoms with Gasteiger partial charge in [-0.1, -0.05) is 13.0 Å². The second-order valence-corrected chi connectivity index (χ2v) is 4.18. The summed E-state index contributed by atoms with van der Waals surface area (Å²) in [4.78, 5) is 23.4. The van der Waals surface area contributed by atoms with Crippen molar-refractivity contribution < 1.29 is 9.59 Å². The number of hydrogen-bond donors (Lipinski definition) is 3. The average Bonchev–Trinajstić information content (AvgIpc) is 2.39. The minimum Gasteiger partial charge on any atom is -0.355 e. The summed E-state index contributed by atoms with van der Waals surface area (Å²) in [5, 5.41) is 5.35. The zero-order valence-corrected chi connectivity index (χ0v) is 12.1. The highest BCUT2D eigenvalue weighted by Crippen LogP contribution is 2.19. The maximum absolute atomic E-state index is 11.8. The lowest BCUT2D eigenvalue weighted by atomic mass is 10.1. The number of anilines is 1. The van der Waals surface area contributed by atoms with E-state index in [4.69, 9.17) is 5.73 Å². The molecule has 0 bridgehead atoms. The minimum absolute atomic E-state index is 0. The topological polar surface area (TPSA) is 84.2 Å². The van der Waals surface area contributed by atoms with Gasteiger partial charge in [0, 0.05) is 30.8 Å². The molecule has 6 heteroatoms. The summed E-state index contributed by atoms with van der Waals surface area (Å²) in [6.45, 7) is 3.85. The van der Waals surface area contributed by atoms with Gasteiger partial charge < -0.3 is 16.4 Å². The van der Waals surface area contributed by atoms with Crippen molar-refractivity contribution >= 4 is 29.9 Å². The Balaban J connectivity index is 0.00000324. The Morgan fingerprint density at radius 1 is 1.37 bits per heavy atom. The number of amides is 2. The molecule has 0 aliphatic rings. The summed E-state index contributed by atoms with van der Waals surface area (Å²) >= 11 is 0. The van der Waals surface area contributed by atoms with Crippen LogP contribution >= 0.6 is 12.4 Å². The largest absolute Gasteiger partial charge is 0.355 e. The SMILES string of the molecule is CNC(=O)c1cccc(NC(=O)C(C)CN)c1C.Cl. The molecule has 0 heterocycles. The van der Waals surface area contributed by atoms with Crippen LogP contribution in [-0.4, -0.2) is 25.4 Å². The smallest absolute Gasteiger partial charge is 0.251 e. The summed E-state index contributed by atoms with van der Waals surface area (Å²) in [7, 11) is 1.57. The van der Waals surface area contributed by atoms with Crippen molar-refractivity contribution in [1.82, 2.24) is 5.32 Å². The van der Waals surface area contributed by atoms with Gasteiger partial charge in [-0.05, 0) is 24.6 Å². The molecule has 0 saturated carbocycles. The van der Waals surface area contributed by atoms with Crippen LogP contribution in [0.1, 0.15) is 22.8 Å². The van der Waals surface area contributed by atoms with E-state index in [0.29, 0.717) is 17.8 Å². The van der Waals surface area contributed by atoms with Crippen molar-refractivity contribution in [3.8, 4) is 0 Å². The Bertz CT molecular complexity index is 463. The number of benzene rings is 1. The number of carbonyl (C=O) groups excluding carboxylic acids is 2. The zero-order chi connectivity index (χ0) is 13.7. The molecular weight excluding hydrogens is 266 g/mol. The van der Waals surface area contributed by atoms with Crippen molar-refractivity contribution in [1.29, 1.82) is 0 Å². The van der Waals surface area contributed by atoms with Gasteiger partial charge in [-0.2, -0.15) is 0 Å². The molecule has 1 atom stereocenters. The first-order chi connectivity index (χ1) is 8.51. The molecule has 0 aliphatic heterocycles. The molecule has 0 aliphatic carbocycles. The van der Waals surface area contributed by atoms with Crippen molar-refractivity contribution in [2.24, 2.45) is 11.7 Å². The number of rotatable bonds is 4. The molecule has 0 saturated heterocycles. The molecule has 0 fully saturated rings. The Morgan fingerprint density at radius 2 is 2.00 bits per heavy atom. The number of carbonyl (C=O) groups is 2. The molecule has 2 amide bonds. The zero-order valence-electron chi connectivity index (χ0n) is 11.3. The number of nitrogens with one attached hydrogen (secondary N) is 2. The van der Waals surface area contributed by atoms with Crippen LogP contribution in [0.3, 0.4) is 0 Å². The van der Waals surface area contributed by atoms with Gasteiger partial charge in [-0.25, -0.2) is 0 Å². The first-order valence-corrected chi connectivity index (χ1v) is 5.83. The van der Waals surface area contributed by atoms with Crippen LogP contribution in [0.5, 0.6) is 0 Å². The van der Waals surface area contributed by atoms with Crippen molar-refractivity contribution in [3.05, 3.63) is 29.3 Å². The molecule has 1 aromatic rings. The normalized spacial score (nSPS) is 11.2. The second kappa shape index (κ2) is 7.76. The minimum atomic E-state index is -0.256. The van der Waals surface area contributed by atoms with Crippen LogP contribution in [-0.2, 0) is 4.79 Å². The Hall–Kier alpha value is -1.59. The van der Waals surface area contributed by atoms with E-state index < -0.39 is 0 Å². The van der Waals surface area contributed by atoms with Gasteiger partial charge in [0.1, 0.15) is 0 Å². The van der Waals surface area contributed by atoms with Crippen LogP contribution < -0.4 is 16.4 Å². The third kappa shape index (κ3) is 4.22. The van der Waals surface area contributed by atoms with Gasteiger partial charge in [0.25, 0.3) is 5.91 Å². The molecule has 0 aromatic heterocycles. The predicted octanol–water partition coefficient (Wildman–Crippen LogP) is 1.31. The van der Waals surface area contributed by atoms with Crippen LogP contribution in [0.25, 0.3) is 0 Å². The van der Waals surface area contributed by atoms with Crippen LogP contribution in [0.2, 0.25) is 0 Å². The van der Waals surface area contributed by atoms with Crippen molar-refractivity contribution in [2.45, 2.75) is 13.8 Å². The Morgan fingerprint density at radius 3 is 2.53 bits per heavy atom. The molecule has 4 N–H and O–H groups in total.